The highest BCUT2D eigenvalue weighted by molar-refractivity contribution is 8.55. The topological polar surface area (TPSA) is 38.3 Å². The maximum atomic E-state index is 12.2. The minimum atomic E-state index is -2.81. The molecule has 0 bridgehead atoms. The first-order valence-corrected chi connectivity index (χ1v) is 8.19. The van der Waals surface area contributed by atoms with Crippen molar-refractivity contribution in [2.75, 3.05) is 6.26 Å². The minimum absolute atomic E-state index is 0.131. The standard InChI is InChI=1S/C10H16NO2PS/c1-9(2)11-14(12,15-3)13-10-7-5-4-6-8-10/h4-9H,1-3H3,(H,11,12). The Labute approximate surface area is 94.9 Å². The van der Waals surface area contributed by atoms with Crippen molar-refractivity contribution in [3.63, 3.8) is 0 Å². The van der Waals surface area contributed by atoms with Gasteiger partial charge in [0.25, 0.3) is 0 Å². The van der Waals surface area contributed by atoms with Crippen LogP contribution in [0.5, 0.6) is 5.75 Å². The van der Waals surface area contributed by atoms with Crippen molar-refractivity contribution in [2.45, 2.75) is 19.9 Å². The van der Waals surface area contributed by atoms with E-state index in [-0.39, 0.29) is 6.04 Å². The highest BCUT2D eigenvalue weighted by Crippen LogP contribution is 2.54. The fraction of sp³-hybridized carbons (Fsp3) is 0.400. The van der Waals surface area contributed by atoms with Crippen LogP contribution < -0.4 is 9.61 Å². The van der Waals surface area contributed by atoms with E-state index in [1.807, 2.05) is 32.0 Å². The zero-order valence-electron chi connectivity index (χ0n) is 9.14. The number of hydrogen-bond acceptors (Lipinski definition) is 3. The van der Waals surface area contributed by atoms with Gasteiger partial charge in [0.2, 0.25) is 0 Å². The summed E-state index contributed by atoms with van der Waals surface area (Å²) >= 11 is 1.22. The van der Waals surface area contributed by atoms with Crippen molar-refractivity contribution in [1.29, 1.82) is 0 Å². The third-order valence-corrected chi connectivity index (χ3v) is 5.37. The Morgan fingerprint density at radius 2 is 1.93 bits per heavy atom. The van der Waals surface area contributed by atoms with E-state index in [0.29, 0.717) is 5.75 Å². The summed E-state index contributed by atoms with van der Waals surface area (Å²) in [5.74, 6) is 0.628. The van der Waals surface area contributed by atoms with Crippen molar-refractivity contribution >= 4 is 18.1 Å². The molecule has 0 aromatic heterocycles. The van der Waals surface area contributed by atoms with Gasteiger partial charge in [-0.3, -0.25) is 0 Å². The van der Waals surface area contributed by atoms with Gasteiger partial charge in [0.05, 0.1) is 0 Å². The molecular formula is C10H16NO2PS. The van der Waals surface area contributed by atoms with Gasteiger partial charge in [-0.1, -0.05) is 18.2 Å². The fourth-order valence-electron chi connectivity index (χ4n) is 1.05. The van der Waals surface area contributed by atoms with Crippen LogP contribution in [0, 0.1) is 0 Å². The van der Waals surface area contributed by atoms with Gasteiger partial charge in [-0.05, 0) is 43.6 Å². The van der Waals surface area contributed by atoms with E-state index < -0.39 is 6.72 Å². The molecule has 1 unspecified atom stereocenters. The molecule has 0 spiro atoms. The summed E-state index contributed by atoms with van der Waals surface area (Å²) < 4.78 is 17.7. The first-order valence-electron chi connectivity index (χ1n) is 4.74. The van der Waals surface area contributed by atoms with Crippen molar-refractivity contribution in [3.05, 3.63) is 30.3 Å². The molecule has 0 aliphatic heterocycles. The SMILES string of the molecule is CSP(=O)(NC(C)C)Oc1ccccc1. The van der Waals surface area contributed by atoms with Gasteiger partial charge in [0, 0.05) is 6.04 Å². The number of nitrogens with one attached hydrogen (secondary N) is 1. The molecule has 1 atom stereocenters. The summed E-state index contributed by atoms with van der Waals surface area (Å²) in [7, 11) is 0. The lowest BCUT2D eigenvalue weighted by Crippen LogP contribution is -2.20. The highest BCUT2D eigenvalue weighted by Gasteiger charge is 2.23. The van der Waals surface area contributed by atoms with E-state index in [9.17, 15) is 4.57 Å². The molecule has 15 heavy (non-hydrogen) atoms. The first-order chi connectivity index (χ1) is 7.06. The summed E-state index contributed by atoms with van der Waals surface area (Å²) in [6.45, 7) is 1.07. The van der Waals surface area contributed by atoms with Crippen LogP contribution in [0.1, 0.15) is 13.8 Å². The molecule has 1 rings (SSSR count). The molecule has 5 heteroatoms. The monoisotopic (exact) mass is 245 g/mol. The molecule has 0 saturated heterocycles. The van der Waals surface area contributed by atoms with E-state index in [2.05, 4.69) is 5.09 Å². The Kier molecular flexibility index (Phi) is 4.71. The van der Waals surface area contributed by atoms with Crippen LogP contribution in [0.25, 0.3) is 0 Å². The van der Waals surface area contributed by atoms with Crippen LogP contribution in [-0.2, 0) is 4.57 Å². The van der Waals surface area contributed by atoms with Crippen LogP contribution >= 0.6 is 18.1 Å². The summed E-state index contributed by atoms with van der Waals surface area (Å²) in [5.41, 5.74) is 0. The maximum absolute atomic E-state index is 12.2. The molecule has 0 amide bonds. The summed E-state index contributed by atoms with van der Waals surface area (Å²) in [5, 5.41) is 2.95. The van der Waals surface area contributed by atoms with E-state index in [0.717, 1.165) is 0 Å². The van der Waals surface area contributed by atoms with Gasteiger partial charge >= 0.3 is 6.72 Å². The van der Waals surface area contributed by atoms with Crippen molar-refractivity contribution in [3.8, 4) is 5.75 Å². The molecule has 0 radical (unpaired) electrons. The molecule has 1 aromatic carbocycles. The van der Waals surface area contributed by atoms with E-state index in [1.165, 1.54) is 11.4 Å². The molecule has 1 N–H and O–H groups in total. The Bertz CT molecular complexity index is 343. The fourth-order valence-corrected chi connectivity index (χ4v) is 3.75. The second-order valence-electron chi connectivity index (χ2n) is 3.37. The van der Waals surface area contributed by atoms with E-state index in [4.69, 9.17) is 4.52 Å². The maximum Gasteiger partial charge on any atom is 0.374 e. The predicted molar refractivity (Wildman–Crippen MR) is 66.5 cm³/mol. The zero-order chi connectivity index (χ0) is 11.3. The number of rotatable bonds is 5. The molecule has 1 aromatic rings. The zero-order valence-corrected chi connectivity index (χ0v) is 10.8. The Hall–Kier alpha value is -0.440. The van der Waals surface area contributed by atoms with E-state index >= 15 is 0 Å². The number of benzene rings is 1. The van der Waals surface area contributed by atoms with Gasteiger partial charge in [-0.15, -0.1) is 0 Å². The summed E-state index contributed by atoms with van der Waals surface area (Å²) in [6.07, 6.45) is 1.78. The van der Waals surface area contributed by atoms with Crippen molar-refractivity contribution in [2.24, 2.45) is 0 Å². The Morgan fingerprint density at radius 1 is 1.33 bits per heavy atom. The Morgan fingerprint density at radius 3 is 2.40 bits per heavy atom. The normalized spacial score (nSPS) is 14.9. The Balaban J connectivity index is 2.73. The summed E-state index contributed by atoms with van der Waals surface area (Å²) in [6, 6.07) is 9.33. The largest absolute Gasteiger partial charge is 0.426 e. The van der Waals surface area contributed by atoms with Gasteiger partial charge in [0.1, 0.15) is 5.75 Å². The van der Waals surface area contributed by atoms with Crippen molar-refractivity contribution in [1.82, 2.24) is 5.09 Å². The predicted octanol–water partition coefficient (Wildman–Crippen LogP) is 3.53. The van der Waals surface area contributed by atoms with Crippen LogP contribution in [0.15, 0.2) is 30.3 Å². The van der Waals surface area contributed by atoms with Crippen LogP contribution in [-0.4, -0.2) is 12.3 Å². The quantitative estimate of drug-likeness (QED) is 0.805. The van der Waals surface area contributed by atoms with E-state index in [1.54, 1.807) is 18.4 Å². The number of para-hydroxylation sites is 1. The smallest absolute Gasteiger partial charge is 0.374 e. The van der Waals surface area contributed by atoms with Gasteiger partial charge in [-0.2, -0.15) is 0 Å². The molecule has 0 aliphatic carbocycles. The second-order valence-corrected chi connectivity index (χ2v) is 7.71. The molecular weight excluding hydrogens is 229 g/mol. The molecule has 0 aliphatic rings. The number of hydrogen-bond donors (Lipinski definition) is 1. The molecule has 0 fully saturated rings. The third-order valence-electron chi connectivity index (χ3n) is 1.63. The second kappa shape index (κ2) is 5.59. The lowest BCUT2D eigenvalue weighted by molar-refractivity contribution is 0.478. The lowest BCUT2D eigenvalue weighted by atomic mass is 10.3. The minimum Gasteiger partial charge on any atom is -0.426 e. The average Bonchev–Trinajstić information content (AvgIpc) is 2.18. The molecule has 0 heterocycles. The van der Waals surface area contributed by atoms with Gasteiger partial charge in [-0.25, -0.2) is 9.65 Å². The molecule has 3 nitrogen and oxygen atoms in total. The van der Waals surface area contributed by atoms with Gasteiger partial charge in [0.15, 0.2) is 0 Å². The average molecular weight is 245 g/mol. The highest BCUT2D eigenvalue weighted by atomic mass is 32.7. The molecule has 84 valence electrons. The first kappa shape index (κ1) is 12.6. The van der Waals surface area contributed by atoms with Crippen LogP contribution in [0.2, 0.25) is 0 Å². The van der Waals surface area contributed by atoms with Crippen LogP contribution in [0.4, 0.5) is 0 Å². The molecule has 0 saturated carbocycles. The summed E-state index contributed by atoms with van der Waals surface area (Å²) in [4.78, 5) is 0. The third kappa shape index (κ3) is 4.29. The lowest BCUT2D eigenvalue weighted by Gasteiger charge is -2.20. The van der Waals surface area contributed by atoms with Crippen molar-refractivity contribution < 1.29 is 9.09 Å². The van der Waals surface area contributed by atoms with Crippen LogP contribution in [0.3, 0.4) is 0 Å². The van der Waals surface area contributed by atoms with Gasteiger partial charge < -0.3 is 4.52 Å².